The number of hydrogen-bond acceptors (Lipinski definition) is 7. The number of pyridine rings is 2. The smallest absolute Gasteiger partial charge is 0.416 e. The molecule has 4 rings (SSSR count). The van der Waals surface area contributed by atoms with Crippen LogP contribution < -0.4 is 24.9 Å². The fraction of sp³-hybridized carbons (Fsp3) is 0.240. The van der Waals surface area contributed by atoms with E-state index in [-0.39, 0.29) is 11.5 Å². The Morgan fingerprint density at radius 2 is 2.00 bits per heavy atom. The van der Waals surface area contributed by atoms with Crippen LogP contribution >= 0.6 is 0 Å². The van der Waals surface area contributed by atoms with E-state index < -0.39 is 11.7 Å². The number of ether oxygens (including phenoxy) is 1. The van der Waals surface area contributed by atoms with Crippen LogP contribution in [0.5, 0.6) is 5.88 Å². The number of aromatic nitrogens is 4. The Morgan fingerprint density at radius 3 is 2.74 bits per heavy atom. The van der Waals surface area contributed by atoms with Gasteiger partial charge in [0.1, 0.15) is 19.3 Å². The van der Waals surface area contributed by atoms with Crippen LogP contribution in [-0.4, -0.2) is 48.7 Å². The predicted octanol–water partition coefficient (Wildman–Crippen LogP) is 2.76. The van der Waals surface area contributed by atoms with E-state index in [4.69, 9.17) is 9.57 Å². The normalized spacial score (nSPS) is 11.7. The Hall–Kier alpha value is -4.34. The number of nitrogens with zero attached hydrogens (tertiary/aromatic N) is 4. The van der Waals surface area contributed by atoms with Crippen LogP contribution in [0.1, 0.15) is 28.8 Å². The molecule has 0 unspecified atom stereocenters. The molecule has 1 aromatic carbocycles. The van der Waals surface area contributed by atoms with Gasteiger partial charge < -0.3 is 15.4 Å². The van der Waals surface area contributed by atoms with E-state index in [1.54, 1.807) is 38.6 Å². The lowest BCUT2D eigenvalue weighted by Crippen LogP contribution is -2.41. The van der Waals surface area contributed by atoms with E-state index in [0.717, 1.165) is 17.3 Å². The molecule has 1 amide bonds. The quantitative estimate of drug-likeness (QED) is 0.376. The molecule has 9 nitrogen and oxygen atoms in total. The van der Waals surface area contributed by atoms with E-state index in [1.807, 2.05) is 25.1 Å². The molecule has 0 aliphatic heterocycles. The average molecular weight is 478 g/mol. The standard InChI is InChI=1S/C25H25FN6O3/c1-15(17-6-5-7-18-23(25(33)27-2)19(26)12-29-24(17)18)11-28-21-10-20(30-14-31-21)16-8-9-22(34-3)32(13-16)35-4/h5-10,12-15H,11H2,1-4H3,(H-,27,28,30,31,33)/p+1/t15-/m1/s1. The molecule has 1 atom stereocenters. The number of methoxy groups -OCH3 is 1. The molecule has 0 radical (unpaired) electrons. The number of nitrogens with one attached hydrogen (secondary N) is 2. The molecule has 0 spiro atoms. The minimum Gasteiger partial charge on any atom is -0.445 e. The van der Waals surface area contributed by atoms with E-state index in [2.05, 4.69) is 25.6 Å². The maximum absolute atomic E-state index is 14.4. The number of amides is 1. The van der Waals surface area contributed by atoms with Gasteiger partial charge in [0.2, 0.25) is 6.20 Å². The molecule has 35 heavy (non-hydrogen) atoms. The highest BCUT2D eigenvalue weighted by molar-refractivity contribution is 6.06. The summed E-state index contributed by atoms with van der Waals surface area (Å²) < 4.78 is 21.1. The Balaban J connectivity index is 1.57. The Kier molecular flexibility index (Phi) is 7.00. The lowest BCUT2D eigenvalue weighted by atomic mass is 9.96. The number of anilines is 1. The Labute approximate surface area is 201 Å². The summed E-state index contributed by atoms with van der Waals surface area (Å²) in [5, 5.41) is 6.30. The van der Waals surface area contributed by atoms with Crippen molar-refractivity contribution in [2.45, 2.75) is 12.8 Å². The second-order valence-electron chi connectivity index (χ2n) is 7.84. The van der Waals surface area contributed by atoms with Crippen LogP contribution in [0.25, 0.3) is 22.2 Å². The van der Waals surface area contributed by atoms with Crippen LogP contribution in [0.15, 0.2) is 55.1 Å². The number of benzene rings is 1. The largest absolute Gasteiger partial charge is 0.445 e. The van der Waals surface area contributed by atoms with Gasteiger partial charge in [-0.25, -0.2) is 14.4 Å². The van der Waals surface area contributed by atoms with Crippen LogP contribution in [0.4, 0.5) is 10.2 Å². The first kappa shape index (κ1) is 23.8. The van der Waals surface area contributed by atoms with Gasteiger partial charge in [-0.05, 0) is 11.6 Å². The zero-order valence-corrected chi connectivity index (χ0v) is 19.9. The van der Waals surface area contributed by atoms with Crippen LogP contribution in [0.3, 0.4) is 0 Å². The molecule has 10 heteroatoms. The Bertz CT molecular complexity index is 1380. The third-order valence-electron chi connectivity index (χ3n) is 5.70. The van der Waals surface area contributed by atoms with Gasteiger partial charge in [-0.3, -0.25) is 14.6 Å². The zero-order valence-electron chi connectivity index (χ0n) is 19.9. The van der Waals surface area contributed by atoms with Crippen molar-refractivity contribution in [3.8, 4) is 17.1 Å². The van der Waals surface area contributed by atoms with Gasteiger partial charge in [0.25, 0.3) is 5.91 Å². The maximum atomic E-state index is 14.4. The number of rotatable bonds is 8. The minimum absolute atomic E-state index is 0.00672. The number of carbonyl (C=O) groups excluding carboxylic acids is 1. The second kappa shape index (κ2) is 10.3. The lowest BCUT2D eigenvalue weighted by Gasteiger charge is -2.16. The first-order valence-corrected chi connectivity index (χ1v) is 11.0. The number of carbonyl (C=O) groups is 1. The molecule has 0 aliphatic carbocycles. The second-order valence-corrected chi connectivity index (χ2v) is 7.84. The predicted molar refractivity (Wildman–Crippen MR) is 129 cm³/mol. The summed E-state index contributed by atoms with van der Waals surface area (Å²) in [5.41, 5.74) is 3.01. The summed E-state index contributed by atoms with van der Waals surface area (Å²) >= 11 is 0. The number of hydrogen-bond donors (Lipinski definition) is 2. The van der Waals surface area contributed by atoms with Crippen LogP contribution in [0, 0.1) is 5.82 Å². The molecule has 180 valence electrons. The van der Waals surface area contributed by atoms with E-state index in [0.29, 0.717) is 34.8 Å². The van der Waals surface area contributed by atoms with Crippen LogP contribution in [-0.2, 0) is 0 Å². The van der Waals surface area contributed by atoms with E-state index >= 15 is 0 Å². The molecule has 0 saturated heterocycles. The molecule has 0 fully saturated rings. The minimum atomic E-state index is -0.651. The zero-order chi connectivity index (χ0) is 24.9. The SMILES string of the molecule is CNC(=O)c1c(F)cnc2c([C@H](C)CNc3cc(-c4ccc(OC)[n+](OC)c4)ncn3)cccc12. The summed E-state index contributed by atoms with van der Waals surface area (Å²) in [6.45, 7) is 2.56. The van der Waals surface area contributed by atoms with E-state index in [1.165, 1.54) is 18.1 Å². The van der Waals surface area contributed by atoms with Crippen molar-refractivity contribution < 1.29 is 23.5 Å². The fourth-order valence-electron chi connectivity index (χ4n) is 3.87. The van der Waals surface area contributed by atoms with Crippen molar-refractivity contribution in [3.05, 3.63) is 72.1 Å². The molecule has 3 heterocycles. The third kappa shape index (κ3) is 4.81. The molecule has 0 bridgehead atoms. The highest BCUT2D eigenvalue weighted by Gasteiger charge is 2.19. The summed E-state index contributed by atoms with van der Waals surface area (Å²) in [6.07, 6.45) is 4.36. The fourth-order valence-corrected chi connectivity index (χ4v) is 3.87. The molecule has 3 aromatic heterocycles. The topological polar surface area (TPSA) is 102 Å². The van der Waals surface area contributed by atoms with Gasteiger partial charge in [0.05, 0.1) is 41.7 Å². The maximum Gasteiger partial charge on any atom is 0.416 e. The molecule has 0 saturated carbocycles. The molecule has 2 N–H and O–H groups in total. The summed E-state index contributed by atoms with van der Waals surface area (Å²) in [7, 11) is 4.59. The van der Waals surface area contributed by atoms with Gasteiger partial charge in [-0.15, -0.1) is 0 Å². The van der Waals surface area contributed by atoms with Crippen molar-refractivity contribution >= 4 is 22.6 Å². The van der Waals surface area contributed by atoms with Crippen molar-refractivity contribution in [1.29, 1.82) is 0 Å². The van der Waals surface area contributed by atoms with Crippen molar-refractivity contribution in [2.75, 3.05) is 33.1 Å². The van der Waals surface area contributed by atoms with Crippen molar-refractivity contribution in [3.63, 3.8) is 0 Å². The number of fused-ring (bicyclic) bond motifs is 1. The van der Waals surface area contributed by atoms with Gasteiger partial charge in [0, 0.05) is 35.7 Å². The first-order valence-electron chi connectivity index (χ1n) is 11.0. The van der Waals surface area contributed by atoms with Gasteiger partial charge in [-0.2, -0.15) is 0 Å². The molecule has 0 aliphatic rings. The monoisotopic (exact) mass is 477 g/mol. The lowest BCUT2D eigenvalue weighted by molar-refractivity contribution is -0.886. The third-order valence-corrected chi connectivity index (χ3v) is 5.70. The average Bonchev–Trinajstić information content (AvgIpc) is 2.90. The highest BCUT2D eigenvalue weighted by atomic mass is 19.1. The molecular weight excluding hydrogens is 451 g/mol. The number of para-hydroxylation sites is 1. The molecular formula is C25H26FN6O3+. The van der Waals surface area contributed by atoms with Crippen molar-refractivity contribution in [1.82, 2.24) is 20.3 Å². The van der Waals surface area contributed by atoms with Gasteiger partial charge in [0.15, 0.2) is 5.82 Å². The van der Waals surface area contributed by atoms with Gasteiger partial charge in [-0.1, -0.05) is 25.1 Å². The summed E-state index contributed by atoms with van der Waals surface area (Å²) in [5.74, 6) is 0.0538. The number of halogens is 1. The first-order chi connectivity index (χ1) is 17.0. The van der Waals surface area contributed by atoms with Crippen LogP contribution in [0.2, 0.25) is 0 Å². The van der Waals surface area contributed by atoms with Gasteiger partial charge >= 0.3 is 5.88 Å². The highest BCUT2D eigenvalue weighted by Crippen LogP contribution is 2.28. The van der Waals surface area contributed by atoms with Crippen molar-refractivity contribution in [2.24, 2.45) is 0 Å². The molecule has 4 aromatic rings. The summed E-state index contributed by atoms with van der Waals surface area (Å²) in [4.78, 5) is 30.5. The summed E-state index contributed by atoms with van der Waals surface area (Å²) in [6, 6.07) is 11.0. The Morgan fingerprint density at radius 1 is 1.17 bits per heavy atom. The van der Waals surface area contributed by atoms with E-state index in [9.17, 15) is 9.18 Å².